The molecular weight excluding hydrogens is 446 g/mol. The molecule has 4 heteroatoms. The highest BCUT2D eigenvalue weighted by molar-refractivity contribution is 5.87. The minimum Gasteiger partial charge on any atom is -0.392 e. The van der Waals surface area contributed by atoms with Crippen LogP contribution in [0.5, 0.6) is 0 Å². The highest BCUT2D eigenvalue weighted by Gasteiger charge is 2.33. The van der Waals surface area contributed by atoms with Crippen LogP contribution in [0.3, 0.4) is 0 Å². The van der Waals surface area contributed by atoms with Crippen molar-refractivity contribution in [1.29, 1.82) is 0 Å². The minimum absolute atomic E-state index is 0.0104. The second-order valence-corrected chi connectivity index (χ2v) is 12.1. The van der Waals surface area contributed by atoms with Crippen LogP contribution in [-0.4, -0.2) is 35.4 Å². The summed E-state index contributed by atoms with van der Waals surface area (Å²) in [7, 11) is 0. The molecule has 1 saturated heterocycles. The lowest BCUT2D eigenvalue weighted by atomic mass is 9.77. The van der Waals surface area contributed by atoms with Gasteiger partial charge >= 0.3 is 0 Å². The van der Waals surface area contributed by atoms with E-state index in [0.717, 1.165) is 32.1 Å². The molecule has 36 heavy (non-hydrogen) atoms. The van der Waals surface area contributed by atoms with Gasteiger partial charge in [0.25, 0.3) is 0 Å². The molecule has 1 rings (SSSR count). The van der Waals surface area contributed by atoms with Crippen molar-refractivity contribution in [2.45, 2.75) is 126 Å². The number of allylic oxidation sites excluding steroid dienone is 3. The van der Waals surface area contributed by atoms with E-state index in [4.69, 9.17) is 4.74 Å². The summed E-state index contributed by atoms with van der Waals surface area (Å²) in [5.41, 5.74) is 1.21. The second-order valence-electron chi connectivity index (χ2n) is 12.1. The molecule has 208 valence electrons. The van der Waals surface area contributed by atoms with Crippen molar-refractivity contribution in [2.24, 2.45) is 35.5 Å². The number of ether oxygens (including phenoxy) is 1. The number of hydrogen-bond donors (Lipinski definition) is 2. The van der Waals surface area contributed by atoms with Gasteiger partial charge in [-0.1, -0.05) is 98.1 Å². The van der Waals surface area contributed by atoms with Gasteiger partial charge in [0, 0.05) is 5.92 Å². The summed E-state index contributed by atoms with van der Waals surface area (Å²) in [6, 6.07) is 0.0423. The number of hydrogen-bond acceptors (Lipinski definition) is 3. The smallest absolute Gasteiger partial charge is 0.243 e. The molecule has 1 aliphatic heterocycles. The standard InChI is InChI=1S/C32H57NO3/c1-11-24(8)28(32(35)27(12-2)19-22(5)6)16-14-23(7)15-17-30-25(9)20-29(26(10)36-30)33-31(34)18-13-21(3)4/h13-16,18,21-22,24-30,32,35H,11-12,17,19-20H2,1-10H3,(H,33,34)/b16-14+,18-13-,23-15+. The number of carbonyl (C=O) groups is 1. The SMILES string of the molecule is CCC(C)C(/C=C/C(C)=C/CC1OC(C)C(NC(=O)/C=C\C(C)C)CC1C)C(O)C(CC)CC(C)C. The Morgan fingerprint density at radius 1 is 1.06 bits per heavy atom. The quantitative estimate of drug-likeness (QED) is 0.191. The molecule has 1 fully saturated rings. The van der Waals surface area contributed by atoms with Crippen molar-refractivity contribution in [3.05, 3.63) is 36.0 Å². The molecule has 4 nitrogen and oxygen atoms in total. The zero-order valence-corrected chi connectivity index (χ0v) is 25.0. The summed E-state index contributed by atoms with van der Waals surface area (Å²) >= 11 is 0. The van der Waals surface area contributed by atoms with Gasteiger partial charge in [0.15, 0.2) is 0 Å². The Hall–Kier alpha value is -1.39. The minimum atomic E-state index is -0.304. The fourth-order valence-corrected chi connectivity index (χ4v) is 5.24. The average Bonchev–Trinajstić information content (AvgIpc) is 2.81. The van der Waals surface area contributed by atoms with Crippen molar-refractivity contribution in [1.82, 2.24) is 5.32 Å². The number of carbonyl (C=O) groups excluding carboxylic acids is 1. The zero-order chi connectivity index (χ0) is 27.4. The number of aliphatic hydroxyl groups is 1. The summed E-state index contributed by atoms with van der Waals surface area (Å²) in [6.07, 6.45) is 15.0. The van der Waals surface area contributed by atoms with Crippen LogP contribution >= 0.6 is 0 Å². The van der Waals surface area contributed by atoms with Crippen molar-refractivity contribution in [2.75, 3.05) is 0 Å². The Bertz CT molecular complexity index is 723. The Labute approximate surface area is 223 Å². The first-order chi connectivity index (χ1) is 16.9. The Balaban J connectivity index is 2.78. The first-order valence-electron chi connectivity index (χ1n) is 14.6. The maximum Gasteiger partial charge on any atom is 0.243 e. The van der Waals surface area contributed by atoms with E-state index in [1.165, 1.54) is 5.57 Å². The Kier molecular flexibility index (Phi) is 14.9. The first-order valence-corrected chi connectivity index (χ1v) is 14.6. The van der Waals surface area contributed by atoms with Gasteiger partial charge in [-0.2, -0.15) is 0 Å². The predicted molar refractivity (Wildman–Crippen MR) is 154 cm³/mol. The molecule has 0 bridgehead atoms. The summed E-state index contributed by atoms with van der Waals surface area (Å²) in [6.45, 7) is 21.7. The molecule has 0 spiro atoms. The normalized spacial score (nSPS) is 27.1. The zero-order valence-electron chi connectivity index (χ0n) is 25.0. The Morgan fingerprint density at radius 3 is 2.28 bits per heavy atom. The summed E-state index contributed by atoms with van der Waals surface area (Å²) < 4.78 is 6.34. The lowest BCUT2D eigenvalue weighted by Gasteiger charge is -2.39. The number of rotatable bonds is 14. The van der Waals surface area contributed by atoms with E-state index in [0.29, 0.717) is 29.6 Å². The van der Waals surface area contributed by atoms with E-state index in [1.54, 1.807) is 6.08 Å². The second kappa shape index (κ2) is 16.5. The summed E-state index contributed by atoms with van der Waals surface area (Å²) in [4.78, 5) is 12.2. The van der Waals surface area contributed by atoms with Gasteiger partial charge in [-0.3, -0.25) is 4.79 Å². The van der Waals surface area contributed by atoms with Crippen LogP contribution in [0.2, 0.25) is 0 Å². The third-order valence-electron chi connectivity index (χ3n) is 7.91. The van der Waals surface area contributed by atoms with E-state index >= 15 is 0 Å². The van der Waals surface area contributed by atoms with E-state index < -0.39 is 0 Å². The fraction of sp³-hybridized carbons (Fsp3) is 0.781. The topological polar surface area (TPSA) is 58.6 Å². The molecule has 0 aromatic heterocycles. The summed E-state index contributed by atoms with van der Waals surface area (Å²) in [5.74, 6) is 2.23. The lowest BCUT2D eigenvalue weighted by molar-refractivity contribution is -0.123. The van der Waals surface area contributed by atoms with Gasteiger partial charge < -0.3 is 15.2 Å². The molecular formula is C32H57NO3. The van der Waals surface area contributed by atoms with Crippen LogP contribution in [0.15, 0.2) is 36.0 Å². The largest absolute Gasteiger partial charge is 0.392 e. The van der Waals surface area contributed by atoms with Crippen LogP contribution in [0, 0.1) is 35.5 Å². The molecule has 0 radical (unpaired) electrons. The molecule has 0 aromatic carbocycles. The molecule has 8 atom stereocenters. The summed E-state index contributed by atoms with van der Waals surface area (Å²) in [5, 5.41) is 14.4. The highest BCUT2D eigenvalue weighted by Crippen LogP contribution is 2.31. The van der Waals surface area contributed by atoms with Crippen molar-refractivity contribution < 1.29 is 14.6 Å². The van der Waals surface area contributed by atoms with Crippen LogP contribution in [-0.2, 0) is 9.53 Å². The van der Waals surface area contributed by atoms with Crippen LogP contribution in [0.1, 0.15) is 101 Å². The molecule has 0 saturated carbocycles. The molecule has 8 unspecified atom stereocenters. The molecule has 1 aliphatic rings. The molecule has 0 aromatic rings. The van der Waals surface area contributed by atoms with Crippen molar-refractivity contribution in [3.63, 3.8) is 0 Å². The molecule has 2 N–H and O–H groups in total. The predicted octanol–water partition coefficient (Wildman–Crippen LogP) is 7.49. The third-order valence-corrected chi connectivity index (χ3v) is 7.91. The highest BCUT2D eigenvalue weighted by atomic mass is 16.5. The van der Waals surface area contributed by atoms with Gasteiger partial charge in [-0.15, -0.1) is 0 Å². The van der Waals surface area contributed by atoms with Gasteiger partial charge in [0.1, 0.15) is 0 Å². The maximum absolute atomic E-state index is 12.2. The number of amides is 1. The number of aliphatic hydroxyl groups excluding tert-OH is 1. The van der Waals surface area contributed by atoms with Crippen molar-refractivity contribution >= 4 is 5.91 Å². The monoisotopic (exact) mass is 503 g/mol. The lowest BCUT2D eigenvalue weighted by Crippen LogP contribution is -2.50. The van der Waals surface area contributed by atoms with Crippen LogP contribution in [0.25, 0.3) is 0 Å². The van der Waals surface area contributed by atoms with Gasteiger partial charge in [0.2, 0.25) is 5.91 Å². The van der Waals surface area contributed by atoms with Crippen LogP contribution in [0.4, 0.5) is 0 Å². The molecule has 1 amide bonds. The van der Waals surface area contributed by atoms with Gasteiger partial charge in [-0.25, -0.2) is 0 Å². The van der Waals surface area contributed by atoms with Gasteiger partial charge in [0.05, 0.1) is 24.4 Å². The fourth-order valence-electron chi connectivity index (χ4n) is 5.24. The van der Waals surface area contributed by atoms with E-state index in [1.807, 2.05) is 6.08 Å². The number of nitrogens with one attached hydrogen (secondary N) is 1. The molecule has 0 aliphatic carbocycles. The molecule has 1 heterocycles. The van der Waals surface area contributed by atoms with Crippen LogP contribution < -0.4 is 5.32 Å². The van der Waals surface area contributed by atoms with E-state index in [2.05, 4.69) is 92.8 Å². The van der Waals surface area contributed by atoms with E-state index in [-0.39, 0.29) is 36.2 Å². The van der Waals surface area contributed by atoms with E-state index in [9.17, 15) is 9.90 Å². The third kappa shape index (κ3) is 11.3. The maximum atomic E-state index is 12.2. The van der Waals surface area contributed by atoms with Crippen molar-refractivity contribution in [3.8, 4) is 0 Å². The Morgan fingerprint density at radius 2 is 1.72 bits per heavy atom. The average molecular weight is 504 g/mol. The van der Waals surface area contributed by atoms with Gasteiger partial charge in [-0.05, 0) is 68.8 Å². The first kappa shape index (κ1) is 32.6.